The third-order valence-electron chi connectivity index (χ3n) is 2.82. The van der Waals surface area contributed by atoms with Crippen molar-refractivity contribution in [2.24, 2.45) is 0 Å². The summed E-state index contributed by atoms with van der Waals surface area (Å²) in [7, 11) is 0. The van der Waals surface area contributed by atoms with E-state index in [2.05, 4.69) is 19.2 Å². The van der Waals surface area contributed by atoms with Gasteiger partial charge in [-0.15, -0.1) is 0 Å². The van der Waals surface area contributed by atoms with Crippen LogP contribution in [-0.2, 0) is 0 Å². The normalized spacial score (nSPS) is 12.5. The van der Waals surface area contributed by atoms with Crippen LogP contribution < -0.4 is 5.32 Å². The van der Waals surface area contributed by atoms with Crippen LogP contribution in [0.3, 0.4) is 0 Å². The molecule has 96 valence electrons. The number of hydrogen-bond donors (Lipinski definition) is 1. The van der Waals surface area contributed by atoms with Gasteiger partial charge >= 0.3 is 0 Å². The van der Waals surface area contributed by atoms with Gasteiger partial charge in [-0.2, -0.15) is 0 Å². The zero-order chi connectivity index (χ0) is 12.7. The Morgan fingerprint density at radius 2 is 1.88 bits per heavy atom. The van der Waals surface area contributed by atoms with Gasteiger partial charge < -0.3 is 5.32 Å². The van der Waals surface area contributed by atoms with Crippen molar-refractivity contribution in [3.8, 4) is 0 Å². The largest absolute Gasteiger partial charge is 0.383 e. The third kappa shape index (κ3) is 5.16. The second kappa shape index (κ2) is 7.25. The summed E-state index contributed by atoms with van der Waals surface area (Å²) in [5, 5.41) is 3.18. The summed E-state index contributed by atoms with van der Waals surface area (Å²) in [6.07, 6.45) is 5.95. The van der Waals surface area contributed by atoms with Gasteiger partial charge in [0.05, 0.1) is 0 Å². The molecule has 0 aliphatic rings. The zero-order valence-electron chi connectivity index (χ0n) is 10.6. The van der Waals surface area contributed by atoms with Gasteiger partial charge in [0.2, 0.25) is 0 Å². The van der Waals surface area contributed by atoms with Gasteiger partial charge in [0.25, 0.3) is 0 Å². The van der Waals surface area contributed by atoms with E-state index in [0.717, 1.165) is 12.5 Å². The van der Waals surface area contributed by atoms with E-state index in [-0.39, 0.29) is 6.04 Å². The molecule has 1 nitrogen and oxygen atoms in total. The summed E-state index contributed by atoms with van der Waals surface area (Å²) in [5.74, 6) is -1.60. The molecule has 1 atom stereocenters. The molecule has 0 amide bonds. The molecule has 1 aromatic carbocycles. The number of rotatable bonds is 7. The van der Waals surface area contributed by atoms with Crippen molar-refractivity contribution in [3.63, 3.8) is 0 Å². The summed E-state index contributed by atoms with van der Waals surface area (Å²) >= 11 is 0. The van der Waals surface area contributed by atoms with Gasteiger partial charge in [-0.1, -0.05) is 32.6 Å². The lowest BCUT2D eigenvalue weighted by Gasteiger charge is -2.15. The molecule has 0 aromatic heterocycles. The Morgan fingerprint density at radius 3 is 2.53 bits per heavy atom. The van der Waals surface area contributed by atoms with Gasteiger partial charge in [-0.05, 0) is 25.5 Å². The van der Waals surface area contributed by atoms with Crippen molar-refractivity contribution in [2.75, 3.05) is 5.32 Å². The highest BCUT2D eigenvalue weighted by atomic mass is 19.2. The predicted molar refractivity (Wildman–Crippen MR) is 68.2 cm³/mol. The Morgan fingerprint density at radius 1 is 1.12 bits per heavy atom. The van der Waals surface area contributed by atoms with Crippen molar-refractivity contribution in [3.05, 3.63) is 29.8 Å². The number of benzene rings is 1. The highest BCUT2D eigenvalue weighted by molar-refractivity contribution is 5.44. The fraction of sp³-hybridized carbons (Fsp3) is 0.571. The summed E-state index contributed by atoms with van der Waals surface area (Å²) < 4.78 is 25.7. The average molecular weight is 241 g/mol. The first-order chi connectivity index (χ1) is 8.13. The number of nitrogens with one attached hydrogen (secondary N) is 1. The molecule has 0 aliphatic carbocycles. The molecule has 0 heterocycles. The molecule has 0 bridgehead atoms. The van der Waals surface area contributed by atoms with Crippen LogP contribution in [0.15, 0.2) is 18.2 Å². The van der Waals surface area contributed by atoms with E-state index in [9.17, 15) is 8.78 Å². The third-order valence-corrected chi connectivity index (χ3v) is 2.82. The Balaban J connectivity index is 2.34. The summed E-state index contributed by atoms with van der Waals surface area (Å²) in [4.78, 5) is 0. The van der Waals surface area contributed by atoms with Crippen LogP contribution in [0.25, 0.3) is 0 Å². The van der Waals surface area contributed by atoms with Crippen LogP contribution in [0, 0.1) is 11.6 Å². The lowest BCUT2D eigenvalue weighted by atomic mass is 10.1. The quantitative estimate of drug-likeness (QED) is 0.680. The van der Waals surface area contributed by atoms with E-state index < -0.39 is 11.6 Å². The molecule has 1 rings (SSSR count). The fourth-order valence-electron chi connectivity index (χ4n) is 1.82. The predicted octanol–water partition coefficient (Wildman–Crippen LogP) is 4.74. The summed E-state index contributed by atoms with van der Waals surface area (Å²) in [6, 6.07) is 4.22. The minimum absolute atomic E-state index is 0.289. The number of unbranched alkanes of at least 4 members (excludes halogenated alkanes) is 3. The molecule has 3 heteroatoms. The van der Waals surface area contributed by atoms with Crippen molar-refractivity contribution in [1.82, 2.24) is 0 Å². The molecule has 0 saturated carbocycles. The summed E-state index contributed by atoms with van der Waals surface area (Å²) in [6.45, 7) is 4.25. The lowest BCUT2D eigenvalue weighted by Crippen LogP contribution is -2.15. The van der Waals surface area contributed by atoms with Crippen LogP contribution in [0.4, 0.5) is 14.5 Å². The molecule has 1 N–H and O–H groups in total. The molecule has 1 unspecified atom stereocenters. The second-order valence-electron chi connectivity index (χ2n) is 4.52. The average Bonchev–Trinajstić information content (AvgIpc) is 2.30. The van der Waals surface area contributed by atoms with Crippen LogP contribution in [-0.4, -0.2) is 6.04 Å². The maximum absolute atomic E-state index is 13.0. The first kappa shape index (κ1) is 13.9. The van der Waals surface area contributed by atoms with Crippen LogP contribution in [0.2, 0.25) is 0 Å². The van der Waals surface area contributed by atoms with Gasteiger partial charge in [0, 0.05) is 17.8 Å². The smallest absolute Gasteiger partial charge is 0.160 e. The van der Waals surface area contributed by atoms with E-state index in [4.69, 9.17) is 0 Å². The SMILES string of the molecule is CCCCCCC(C)Nc1ccc(F)c(F)c1. The fourth-order valence-corrected chi connectivity index (χ4v) is 1.82. The minimum Gasteiger partial charge on any atom is -0.383 e. The van der Waals surface area contributed by atoms with Gasteiger partial charge in [-0.25, -0.2) is 8.78 Å². The van der Waals surface area contributed by atoms with Crippen molar-refractivity contribution in [2.45, 2.75) is 52.0 Å². The Hall–Kier alpha value is -1.12. The molecule has 0 saturated heterocycles. The van der Waals surface area contributed by atoms with Crippen LogP contribution >= 0.6 is 0 Å². The Kier molecular flexibility index (Phi) is 5.95. The van der Waals surface area contributed by atoms with Crippen molar-refractivity contribution >= 4 is 5.69 Å². The maximum atomic E-state index is 13.0. The minimum atomic E-state index is -0.800. The standard InChI is InChI=1S/C14H21F2N/c1-3-4-5-6-7-11(2)17-12-8-9-13(15)14(16)10-12/h8-11,17H,3-7H2,1-2H3. The molecule has 0 fully saturated rings. The lowest BCUT2D eigenvalue weighted by molar-refractivity contribution is 0.508. The molecule has 0 aliphatic heterocycles. The van der Waals surface area contributed by atoms with Crippen LogP contribution in [0.5, 0.6) is 0 Å². The van der Waals surface area contributed by atoms with E-state index in [1.807, 2.05) is 0 Å². The molecular formula is C14H21F2N. The topological polar surface area (TPSA) is 12.0 Å². The number of halogens is 2. The van der Waals surface area contributed by atoms with Crippen molar-refractivity contribution in [1.29, 1.82) is 0 Å². The highest BCUT2D eigenvalue weighted by Gasteiger charge is 2.05. The van der Waals surface area contributed by atoms with Crippen LogP contribution in [0.1, 0.15) is 46.0 Å². The number of hydrogen-bond acceptors (Lipinski definition) is 1. The van der Waals surface area contributed by atoms with E-state index in [1.54, 1.807) is 6.07 Å². The Bertz CT molecular complexity index is 339. The highest BCUT2D eigenvalue weighted by Crippen LogP contribution is 2.15. The van der Waals surface area contributed by atoms with E-state index >= 15 is 0 Å². The molecule has 1 aromatic rings. The van der Waals surface area contributed by atoms with E-state index in [0.29, 0.717) is 5.69 Å². The number of anilines is 1. The molecular weight excluding hydrogens is 220 g/mol. The van der Waals surface area contributed by atoms with E-state index in [1.165, 1.54) is 31.7 Å². The second-order valence-corrected chi connectivity index (χ2v) is 4.52. The Labute approximate surface area is 102 Å². The first-order valence-corrected chi connectivity index (χ1v) is 6.35. The monoisotopic (exact) mass is 241 g/mol. The molecule has 0 radical (unpaired) electrons. The van der Waals surface area contributed by atoms with Gasteiger partial charge in [-0.3, -0.25) is 0 Å². The molecule has 17 heavy (non-hydrogen) atoms. The maximum Gasteiger partial charge on any atom is 0.160 e. The molecule has 0 spiro atoms. The first-order valence-electron chi connectivity index (χ1n) is 6.35. The van der Waals surface area contributed by atoms with Gasteiger partial charge in [0.1, 0.15) is 0 Å². The zero-order valence-corrected chi connectivity index (χ0v) is 10.6. The summed E-state index contributed by atoms with van der Waals surface area (Å²) in [5.41, 5.74) is 0.645. The van der Waals surface area contributed by atoms with Crippen molar-refractivity contribution < 1.29 is 8.78 Å². The van der Waals surface area contributed by atoms with Gasteiger partial charge in [0.15, 0.2) is 11.6 Å².